The number of imide groups is 1. The molecular formula is C23H14N4O5. The van der Waals surface area contributed by atoms with Gasteiger partial charge in [-0.25, -0.2) is 9.78 Å². The molecular weight excluding hydrogens is 412 g/mol. The van der Waals surface area contributed by atoms with Gasteiger partial charge in [0.15, 0.2) is 0 Å². The zero-order valence-corrected chi connectivity index (χ0v) is 16.3. The molecule has 0 radical (unpaired) electrons. The number of nitrogens with one attached hydrogen (secondary N) is 1. The first kappa shape index (κ1) is 19.2. The Morgan fingerprint density at radius 3 is 2.53 bits per heavy atom. The molecule has 0 spiro atoms. The minimum Gasteiger partial charge on any atom is -0.478 e. The van der Waals surface area contributed by atoms with Crippen molar-refractivity contribution >= 4 is 34.5 Å². The number of hydrogen-bond acceptors (Lipinski definition) is 6. The smallest absolute Gasteiger partial charge is 0.336 e. The molecule has 0 saturated carbocycles. The van der Waals surface area contributed by atoms with E-state index >= 15 is 0 Å². The lowest BCUT2D eigenvalue weighted by atomic mass is 10.0. The molecule has 0 fully saturated rings. The number of aromatic nitrogens is 2. The number of nitrogens with zero attached hydrogens (tertiary/aromatic N) is 2. The minimum atomic E-state index is -1.09. The van der Waals surface area contributed by atoms with E-state index in [1.807, 2.05) is 0 Å². The van der Waals surface area contributed by atoms with E-state index in [1.165, 1.54) is 6.07 Å². The van der Waals surface area contributed by atoms with Gasteiger partial charge in [-0.3, -0.25) is 24.3 Å². The first-order chi connectivity index (χ1) is 15.3. The van der Waals surface area contributed by atoms with Gasteiger partial charge in [-0.05, 0) is 24.3 Å². The Balaban J connectivity index is 1.71. The molecule has 0 atom stereocenters. The van der Waals surface area contributed by atoms with Gasteiger partial charge in [0.1, 0.15) is 5.82 Å². The van der Waals surface area contributed by atoms with Crippen LogP contribution < -0.4 is 16.6 Å². The number of pyridine rings is 2. The highest BCUT2D eigenvalue weighted by Crippen LogP contribution is 2.28. The maximum Gasteiger partial charge on any atom is 0.336 e. The summed E-state index contributed by atoms with van der Waals surface area (Å²) in [6, 6.07) is 16.0. The molecule has 5 rings (SSSR count). The van der Waals surface area contributed by atoms with Crippen LogP contribution >= 0.6 is 0 Å². The van der Waals surface area contributed by atoms with Crippen LogP contribution in [0.1, 0.15) is 31.1 Å². The monoisotopic (exact) mass is 426 g/mol. The summed E-state index contributed by atoms with van der Waals surface area (Å²) in [6.07, 6.45) is 0. The Hall–Kier alpha value is -4.79. The average Bonchev–Trinajstić information content (AvgIpc) is 3.06. The van der Waals surface area contributed by atoms with Gasteiger partial charge in [0.25, 0.3) is 17.4 Å². The van der Waals surface area contributed by atoms with Crippen molar-refractivity contribution in [1.82, 2.24) is 14.9 Å². The van der Waals surface area contributed by atoms with Gasteiger partial charge in [-0.2, -0.15) is 0 Å². The number of anilines is 1. The third-order valence-electron chi connectivity index (χ3n) is 5.30. The summed E-state index contributed by atoms with van der Waals surface area (Å²) < 4.78 is 1.12. The molecule has 1 aliphatic rings. The number of carbonyl (C=O) groups is 3. The first-order valence-corrected chi connectivity index (χ1v) is 9.50. The zero-order valence-electron chi connectivity index (χ0n) is 16.3. The number of rotatable bonds is 3. The van der Waals surface area contributed by atoms with Crippen molar-refractivity contribution in [2.24, 2.45) is 0 Å². The number of para-hydroxylation sites is 1. The SMILES string of the molecule is Nc1c2c(cc(=O)n1-c1cccc(-c3cc(C(=O)O)c4ccccc4n3)c1)C(=O)NC2=O. The predicted molar refractivity (Wildman–Crippen MR) is 116 cm³/mol. The number of carboxylic acid groups (broad SMARTS) is 1. The quantitative estimate of drug-likeness (QED) is 0.426. The molecule has 4 aromatic rings. The Morgan fingerprint density at radius 2 is 1.75 bits per heavy atom. The maximum atomic E-state index is 12.7. The van der Waals surface area contributed by atoms with Crippen LogP contribution in [0.5, 0.6) is 0 Å². The van der Waals surface area contributed by atoms with Crippen LogP contribution in [0.15, 0.2) is 65.5 Å². The molecule has 9 nitrogen and oxygen atoms in total. The fourth-order valence-electron chi connectivity index (χ4n) is 3.85. The summed E-state index contributed by atoms with van der Waals surface area (Å²) in [5.41, 5.74) is 7.29. The van der Waals surface area contributed by atoms with Gasteiger partial charge in [0, 0.05) is 17.0 Å². The van der Waals surface area contributed by atoms with E-state index in [9.17, 15) is 24.3 Å². The Labute approximate surface area is 179 Å². The van der Waals surface area contributed by atoms with E-state index in [4.69, 9.17) is 5.73 Å². The van der Waals surface area contributed by atoms with Crippen LogP contribution in [0.25, 0.3) is 27.8 Å². The van der Waals surface area contributed by atoms with E-state index < -0.39 is 23.3 Å². The standard InChI is InChI=1S/C23H14N4O5/c24-20-19-15(21(29)26-22(19)30)10-18(28)27(20)12-5-3-4-11(8-12)17-9-14(23(31)32)13-6-1-2-7-16(13)25-17/h1-10H,24H2,(H,31,32)(H,26,29,30). The fourth-order valence-corrected chi connectivity index (χ4v) is 3.85. The molecule has 2 aromatic heterocycles. The number of amides is 2. The minimum absolute atomic E-state index is 0.0583. The topological polar surface area (TPSA) is 144 Å². The van der Waals surface area contributed by atoms with Crippen molar-refractivity contribution in [1.29, 1.82) is 0 Å². The number of fused-ring (bicyclic) bond motifs is 2. The first-order valence-electron chi connectivity index (χ1n) is 9.50. The number of aromatic carboxylic acids is 1. The molecule has 3 heterocycles. The van der Waals surface area contributed by atoms with E-state index in [-0.39, 0.29) is 22.5 Å². The van der Waals surface area contributed by atoms with Crippen molar-refractivity contribution in [2.45, 2.75) is 0 Å². The third-order valence-corrected chi connectivity index (χ3v) is 5.30. The third kappa shape index (κ3) is 2.83. The molecule has 2 aromatic carbocycles. The van der Waals surface area contributed by atoms with Crippen molar-refractivity contribution in [3.05, 3.63) is 87.7 Å². The van der Waals surface area contributed by atoms with Gasteiger partial charge < -0.3 is 10.8 Å². The molecule has 2 amide bonds. The van der Waals surface area contributed by atoms with Crippen molar-refractivity contribution in [3.63, 3.8) is 0 Å². The molecule has 9 heteroatoms. The summed E-state index contributed by atoms with van der Waals surface area (Å²) in [6.45, 7) is 0. The van der Waals surface area contributed by atoms with Gasteiger partial charge in [0.05, 0.1) is 33.6 Å². The molecule has 156 valence electrons. The lowest BCUT2D eigenvalue weighted by molar-refractivity contribution is 0.0698. The predicted octanol–water partition coefficient (Wildman–Crippen LogP) is 2.22. The number of carbonyl (C=O) groups excluding carboxylic acids is 2. The fraction of sp³-hybridized carbons (Fsp3) is 0. The molecule has 0 saturated heterocycles. The van der Waals surface area contributed by atoms with Gasteiger partial charge >= 0.3 is 5.97 Å². The molecule has 0 bridgehead atoms. The molecule has 1 aliphatic heterocycles. The van der Waals surface area contributed by atoms with Gasteiger partial charge in [-0.1, -0.05) is 30.3 Å². The van der Waals surface area contributed by atoms with Crippen molar-refractivity contribution in [3.8, 4) is 16.9 Å². The number of hydrogen-bond donors (Lipinski definition) is 3. The van der Waals surface area contributed by atoms with Crippen LogP contribution in [-0.4, -0.2) is 32.4 Å². The van der Waals surface area contributed by atoms with E-state index in [0.29, 0.717) is 27.8 Å². The second kappa shape index (κ2) is 6.88. The maximum absolute atomic E-state index is 12.7. The van der Waals surface area contributed by atoms with Crippen LogP contribution in [0.2, 0.25) is 0 Å². The number of nitrogens with two attached hydrogens (primary N) is 1. The number of nitrogen functional groups attached to an aromatic ring is 1. The highest BCUT2D eigenvalue weighted by molar-refractivity contribution is 6.23. The van der Waals surface area contributed by atoms with Crippen molar-refractivity contribution in [2.75, 3.05) is 5.73 Å². The van der Waals surface area contributed by atoms with Gasteiger partial charge in [-0.15, -0.1) is 0 Å². The van der Waals surface area contributed by atoms with Crippen LogP contribution in [0.3, 0.4) is 0 Å². The highest BCUT2D eigenvalue weighted by atomic mass is 16.4. The van der Waals surface area contributed by atoms with Gasteiger partial charge in [0.2, 0.25) is 0 Å². The summed E-state index contributed by atoms with van der Waals surface area (Å²) >= 11 is 0. The van der Waals surface area contributed by atoms with E-state index in [0.717, 1.165) is 10.6 Å². The molecule has 4 N–H and O–H groups in total. The number of carboxylic acids is 1. The highest BCUT2D eigenvalue weighted by Gasteiger charge is 2.31. The van der Waals surface area contributed by atoms with E-state index in [2.05, 4.69) is 10.3 Å². The van der Waals surface area contributed by atoms with Crippen LogP contribution in [-0.2, 0) is 0 Å². The summed E-state index contributed by atoms with van der Waals surface area (Å²) in [7, 11) is 0. The Bertz CT molecular complexity index is 1550. The Morgan fingerprint density at radius 1 is 0.969 bits per heavy atom. The average molecular weight is 426 g/mol. The second-order valence-corrected chi connectivity index (χ2v) is 7.20. The normalized spacial score (nSPS) is 12.6. The van der Waals surface area contributed by atoms with E-state index in [1.54, 1.807) is 48.5 Å². The van der Waals surface area contributed by atoms with Crippen LogP contribution in [0, 0.1) is 0 Å². The Kier molecular flexibility index (Phi) is 4.13. The largest absolute Gasteiger partial charge is 0.478 e. The molecule has 32 heavy (non-hydrogen) atoms. The van der Waals surface area contributed by atoms with Crippen LogP contribution in [0.4, 0.5) is 5.82 Å². The lowest BCUT2D eigenvalue weighted by Gasteiger charge is -2.13. The van der Waals surface area contributed by atoms with Crippen molar-refractivity contribution < 1.29 is 19.5 Å². The summed E-state index contributed by atoms with van der Waals surface area (Å²) in [5, 5.41) is 12.3. The summed E-state index contributed by atoms with van der Waals surface area (Å²) in [4.78, 5) is 53.0. The second-order valence-electron chi connectivity index (χ2n) is 7.20. The molecule has 0 unspecified atom stereocenters. The lowest BCUT2D eigenvalue weighted by Crippen LogP contribution is -2.24. The molecule has 0 aliphatic carbocycles. The summed E-state index contributed by atoms with van der Waals surface area (Å²) in [5.74, 6) is -2.59. The number of benzene rings is 2. The zero-order chi connectivity index (χ0) is 22.6.